The van der Waals surface area contributed by atoms with Crippen molar-refractivity contribution in [1.29, 1.82) is 0 Å². The van der Waals surface area contributed by atoms with Gasteiger partial charge in [0, 0.05) is 49.2 Å². The third-order valence-corrected chi connectivity index (χ3v) is 11.3. The molecule has 7 rings (SSSR count). The molecule has 1 amide bonds. The maximum absolute atomic E-state index is 14.7. The van der Waals surface area contributed by atoms with Crippen molar-refractivity contribution in [3.63, 3.8) is 0 Å². The number of piperidine rings is 1. The number of para-hydroxylation sites is 1. The Morgan fingerprint density at radius 1 is 0.759 bits per heavy atom. The Kier molecular flexibility index (Phi) is 11.5. The average molecular weight is 754 g/mol. The van der Waals surface area contributed by atoms with Crippen LogP contribution in [-0.2, 0) is 36.2 Å². The van der Waals surface area contributed by atoms with Gasteiger partial charge in [0.1, 0.15) is 6.54 Å². The van der Waals surface area contributed by atoms with Crippen molar-refractivity contribution in [3.05, 3.63) is 172 Å². The number of nitrogens with zero attached hydrogens (tertiary/aromatic N) is 3. The minimum atomic E-state index is -4.40. The Morgan fingerprint density at radius 2 is 1.43 bits per heavy atom. The van der Waals surface area contributed by atoms with Crippen LogP contribution in [0, 0.1) is 11.6 Å². The summed E-state index contributed by atoms with van der Waals surface area (Å²) < 4.78 is 68.1. The number of thioether (sulfide) groups is 1. The molecule has 0 radical (unpaired) electrons. The molecule has 4 nitrogen and oxygen atoms in total. The van der Waals surface area contributed by atoms with E-state index in [1.54, 1.807) is 6.07 Å². The highest BCUT2D eigenvalue weighted by Crippen LogP contribution is 2.37. The first-order valence-corrected chi connectivity index (χ1v) is 19.0. The van der Waals surface area contributed by atoms with Gasteiger partial charge in [0.15, 0.2) is 11.6 Å². The Hall–Kier alpha value is -4.93. The van der Waals surface area contributed by atoms with E-state index >= 15 is 0 Å². The van der Waals surface area contributed by atoms with Gasteiger partial charge in [-0.05, 0) is 77.4 Å². The fourth-order valence-corrected chi connectivity index (χ4v) is 8.26. The first-order valence-electron chi connectivity index (χ1n) is 18.1. The predicted octanol–water partition coefficient (Wildman–Crippen LogP) is 10.5. The van der Waals surface area contributed by atoms with E-state index < -0.39 is 23.4 Å². The Bertz CT molecular complexity index is 2080. The highest BCUT2D eigenvalue weighted by Gasteiger charge is 2.32. The number of hydrogen-bond acceptors (Lipinski definition) is 4. The first-order chi connectivity index (χ1) is 26.1. The third-order valence-electron chi connectivity index (χ3n) is 10.2. The highest BCUT2D eigenvalue weighted by molar-refractivity contribution is 8.02. The lowest BCUT2D eigenvalue weighted by Crippen LogP contribution is -2.49. The summed E-state index contributed by atoms with van der Waals surface area (Å²) in [5, 5.41) is 0.809. The quantitative estimate of drug-likeness (QED) is 0.126. The standard InChI is InChI=1S/C44H40F5N3OS/c45-39-11-6-10-36(43(39)46)30-54-42-22-19-35-9-4-5-12-40(35)52(42)29-41(53)51(38-23-25-50(26-24-38)27-31-7-2-1-3-8-31)28-32-13-15-33(16-14-32)34-17-20-37(21-18-34)44(47,48)49/h1-18,20-22,38H,19,23-30H2. The number of rotatable bonds is 11. The number of carbonyl (C=O) groups excluding carboxylic acids is 1. The number of amides is 1. The fraction of sp³-hybridized carbons (Fsp3) is 0.250. The molecule has 0 bridgehead atoms. The molecule has 1 saturated heterocycles. The van der Waals surface area contributed by atoms with Crippen molar-refractivity contribution in [2.45, 2.75) is 50.3 Å². The largest absolute Gasteiger partial charge is 0.416 e. The second kappa shape index (κ2) is 16.6. The number of halogens is 5. The molecular formula is C44H40F5N3OS. The van der Waals surface area contributed by atoms with Crippen LogP contribution in [0.4, 0.5) is 27.6 Å². The lowest BCUT2D eigenvalue weighted by atomic mass is 9.99. The van der Waals surface area contributed by atoms with Crippen molar-refractivity contribution < 1.29 is 26.7 Å². The lowest BCUT2D eigenvalue weighted by molar-refractivity contribution is -0.137. The van der Waals surface area contributed by atoms with Gasteiger partial charge in [0.05, 0.1) is 10.6 Å². The van der Waals surface area contributed by atoms with Gasteiger partial charge < -0.3 is 9.80 Å². The smallest absolute Gasteiger partial charge is 0.334 e. The van der Waals surface area contributed by atoms with Crippen LogP contribution in [0.3, 0.4) is 0 Å². The number of likely N-dealkylation sites (tertiary alicyclic amines) is 1. The van der Waals surface area contributed by atoms with Crippen LogP contribution >= 0.6 is 11.8 Å². The first kappa shape index (κ1) is 37.4. The van der Waals surface area contributed by atoms with Crippen LogP contribution in [0.1, 0.15) is 40.7 Å². The normalized spacial score (nSPS) is 15.1. The monoisotopic (exact) mass is 753 g/mol. The van der Waals surface area contributed by atoms with E-state index in [1.165, 1.54) is 35.5 Å². The SMILES string of the molecule is O=C(CN1C(SCc2cccc(F)c2F)=CCc2ccccc21)N(Cc1ccc(-c2ccc(C(F)(F)F)cc2)cc1)C1CCN(Cc2ccccc2)CC1. The number of alkyl halides is 3. The molecule has 5 aromatic rings. The van der Waals surface area contributed by atoms with Crippen LogP contribution < -0.4 is 4.90 Å². The maximum Gasteiger partial charge on any atom is 0.416 e. The minimum absolute atomic E-state index is 0.0133. The van der Waals surface area contributed by atoms with Gasteiger partial charge in [-0.1, -0.05) is 97.1 Å². The Labute approximate surface area is 316 Å². The number of fused-ring (bicyclic) bond motifs is 1. The van der Waals surface area contributed by atoms with Crippen molar-refractivity contribution in [3.8, 4) is 11.1 Å². The van der Waals surface area contributed by atoms with Crippen LogP contribution in [0.25, 0.3) is 11.1 Å². The number of carbonyl (C=O) groups is 1. The zero-order valence-corrected chi connectivity index (χ0v) is 30.4. The number of benzene rings is 5. The molecule has 0 aromatic heterocycles. The molecule has 2 heterocycles. The molecule has 2 aliphatic heterocycles. The molecule has 0 saturated carbocycles. The van der Waals surface area contributed by atoms with Crippen LogP contribution in [-0.4, -0.2) is 41.4 Å². The molecule has 278 valence electrons. The topological polar surface area (TPSA) is 26.8 Å². The van der Waals surface area contributed by atoms with Gasteiger partial charge in [-0.25, -0.2) is 8.78 Å². The van der Waals surface area contributed by atoms with Gasteiger partial charge in [0.25, 0.3) is 0 Å². The van der Waals surface area contributed by atoms with Crippen molar-refractivity contribution >= 4 is 23.4 Å². The molecule has 0 atom stereocenters. The van der Waals surface area contributed by atoms with E-state index in [2.05, 4.69) is 17.0 Å². The second-order valence-electron chi connectivity index (χ2n) is 13.7. The molecule has 5 aromatic carbocycles. The fourth-order valence-electron chi connectivity index (χ4n) is 7.21. The Balaban J connectivity index is 1.12. The summed E-state index contributed by atoms with van der Waals surface area (Å²) in [4.78, 5) is 21.0. The number of allylic oxidation sites excluding steroid dienone is 1. The van der Waals surface area contributed by atoms with Gasteiger partial charge in [0.2, 0.25) is 5.91 Å². The van der Waals surface area contributed by atoms with Crippen molar-refractivity contribution in [2.24, 2.45) is 0 Å². The zero-order chi connectivity index (χ0) is 37.7. The van der Waals surface area contributed by atoms with E-state index in [0.717, 1.165) is 78.1 Å². The van der Waals surface area contributed by atoms with Gasteiger partial charge in [-0.2, -0.15) is 13.2 Å². The molecular weight excluding hydrogens is 714 g/mol. The molecule has 0 spiro atoms. The number of anilines is 1. The van der Waals surface area contributed by atoms with Crippen LogP contribution in [0.5, 0.6) is 0 Å². The minimum Gasteiger partial charge on any atom is -0.334 e. The number of hydrogen-bond donors (Lipinski definition) is 0. The summed E-state index contributed by atoms with van der Waals surface area (Å²) in [7, 11) is 0. The third kappa shape index (κ3) is 8.88. The van der Waals surface area contributed by atoms with E-state index in [1.807, 2.05) is 82.6 Å². The van der Waals surface area contributed by atoms with E-state index in [0.29, 0.717) is 18.5 Å². The summed E-state index contributed by atoms with van der Waals surface area (Å²) in [6.07, 6.45) is -0.0986. The predicted molar refractivity (Wildman–Crippen MR) is 205 cm³/mol. The molecule has 1 fully saturated rings. The van der Waals surface area contributed by atoms with Gasteiger partial charge >= 0.3 is 6.18 Å². The van der Waals surface area contributed by atoms with Crippen LogP contribution in [0.2, 0.25) is 0 Å². The molecule has 54 heavy (non-hydrogen) atoms. The van der Waals surface area contributed by atoms with E-state index in [9.17, 15) is 26.7 Å². The average Bonchev–Trinajstić information content (AvgIpc) is 3.19. The van der Waals surface area contributed by atoms with Gasteiger partial charge in [-0.3, -0.25) is 9.69 Å². The summed E-state index contributed by atoms with van der Waals surface area (Å²) in [5.41, 5.74) is 5.17. The summed E-state index contributed by atoms with van der Waals surface area (Å²) in [6, 6.07) is 35.2. The zero-order valence-electron chi connectivity index (χ0n) is 29.6. The molecule has 10 heteroatoms. The lowest BCUT2D eigenvalue weighted by Gasteiger charge is -2.40. The summed E-state index contributed by atoms with van der Waals surface area (Å²) >= 11 is 1.38. The van der Waals surface area contributed by atoms with E-state index in [4.69, 9.17) is 0 Å². The molecule has 0 N–H and O–H groups in total. The molecule has 0 aliphatic carbocycles. The van der Waals surface area contributed by atoms with E-state index in [-0.39, 0.29) is 29.8 Å². The molecule has 2 aliphatic rings. The maximum atomic E-state index is 14.7. The van der Waals surface area contributed by atoms with Crippen molar-refractivity contribution in [1.82, 2.24) is 9.80 Å². The molecule has 0 unspecified atom stereocenters. The van der Waals surface area contributed by atoms with Crippen molar-refractivity contribution in [2.75, 3.05) is 24.5 Å². The van der Waals surface area contributed by atoms with Crippen LogP contribution in [0.15, 0.2) is 132 Å². The van der Waals surface area contributed by atoms with Gasteiger partial charge in [-0.15, -0.1) is 11.8 Å². The Morgan fingerprint density at radius 3 is 2.13 bits per heavy atom. The highest BCUT2D eigenvalue weighted by atomic mass is 32.2. The summed E-state index contributed by atoms with van der Waals surface area (Å²) in [5.74, 6) is -1.60. The summed E-state index contributed by atoms with van der Waals surface area (Å²) in [6.45, 7) is 2.95. The second-order valence-corrected chi connectivity index (χ2v) is 14.7.